The highest BCUT2D eigenvalue weighted by Crippen LogP contribution is 2.31. The molecule has 0 aliphatic carbocycles. The van der Waals surface area contributed by atoms with E-state index >= 15 is 0 Å². The summed E-state index contributed by atoms with van der Waals surface area (Å²) in [6.07, 6.45) is 1.61. The van der Waals surface area contributed by atoms with Crippen LogP contribution in [0.25, 0.3) is 11.4 Å². The van der Waals surface area contributed by atoms with Crippen molar-refractivity contribution in [3.8, 4) is 11.5 Å². The topological polar surface area (TPSA) is 54.2 Å². The molecule has 0 saturated heterocycles. The molecule has 0 atom stereocenters. The first-order valence-corrected chi connectivity index (χ1v) is 10.7. The maximum absolute atomic E-state index is 5.87. The van der Waals surface area contributed by atoms with Gasteiger partial charge in [-0.3, -0.25) is 0 Å². The minimum atomic E-state index is 0.521. The molecule has 163 valence electrons. The average molecular weight is 428 g/mol. The lowest BCUT2D eigenvalue weighted by molar-refractivity contribution is 0.119. The smallest absolute Gasteiger partial charge is 0.161 e. The Labute approximate surface area is 189 Å². The second-order valence-corrected chi connectivity index (χ2v) is 7.41. The molecule has 0 unspecified atom stereocenters. The summed E-state index contributed by atoms with van der Waals surface area (Å²) < 4.78 is 16.5. The summed E-state index contributed by atoms with van der Waals surface area (Å²) >= 11 is 0. The third-order valence-corrected chi connectivity index (χ3v) is 5.21. The van der Waals surface area contributed by atoms with Crippen LogP contribution >= 0.6 is 0 Å². The molecule has 0 spiro atoms. The molecule has 0 N–H and O–H groups in total. The van der Waals surface area contributed by atoms with E-state index in [0.29, 0.717) is 24.7 Å². The fourth-order valence-electron chi connectivity index (χ4n) is 3.59. The molecular formula is C27H27N2O3. The van der Waals surface area contributed by atoms with Gasteiger partial charge in [-0.05, 0) is 24.1 Å². The van der Waals surface area contributed by atoms with E-state index in [0.717, 1.165) is 46.8 Å². The zero-order chi connectivity index (χ0) is 22.2. The van der Waals surface area contributed by atoms with E-state index in [9.17, 15) is 0 Å². The zero-order valence-electron chi connectivity index (χ0n) is 18.5. The van der Waals surface area contributed by atoms with Gasteiger partial charge in [0.05, 0.1) is 32.2 Å². The van der Waals surface area contributed by atoms with Gasteiger partial charge >= 0.3 is 0 Å². The fourth-order valence-corrected chi connectivity index (χ4v) is 3.59. The van der Waals surface area contributed by atoms with Crippen LogP contribution < -0.4 is 14.8 Å². The number of rotatable bonds is 10. The lowest BCUT2D eigenvalue weighted by Gasteiger charge is -2.10. The van der Waals surface area contributed by atoms with Crippen molar-refractivity contribution >= 4 is 17.2 Å². The van der Waals surface area contributed by atoms with E-state index in [1.54, 1.807) is 14.2 Å². The molecule has 1 aliphatic heterocycles. The van der Waals surface area contributed by atoms with Crippen molar-refractivity contribution in [3.05, 3.63) is 95.6 Å². The Hall–Kier alpha value is -3.57. The molecule has 1 radical (unpaired) electrons. The monoisotopic (exact) mass is 427 g/mol. The van der Waals surface area contributed by atoms with E-state index in [1.807, 2.05) is 54.6 Å². The molecule has 0 saturated carbocycles. The Balaban J connectivity index is 1.34. The largest absolute Gasteiger partial charge is 0.493 e. The molecule has 1 heterocycles. The van der Waals surface area contributed by atoms with Crippen LogP contribution in [0.1, 0.15) is 29.5 Å². The minimum absolute atomic E-state index is 0.521. The number of benzene rings is 3. The summed E-state index contributed by atoms with van der Waals surface area (Å²) in [4.78, 5) is 4.86. The predicted octanol–water partition coefficient (Wildman–Crippen LogP) is 5.54. The highest BCUT2D eigenvalue weighted by Gasteiger charge is 2.21. The number of nitrogens with zero attached hydrogens (tertiary/aromatic N) is 2. The van der Waals surface area contributed by atoms with Crippen LogP contribution in [-0.2, 0) is 11.3 Å². The quantitative estimate of drug-likeness (QED) is 0.399. The molecule has 0 fully saturated rings. The van der Waals surface area contributed by atoms with Crippen molar-refractivity contribution in [3.63, 3.8) is 0 Å². The average Bonchev–Trinajstić information content (AvgIpc) is 3.29. The van der Waals surface area contributed by atoms with Gasteiger partial charge in [0.1, 0.15) is 5.84 Å². The summed E-state index contributed by atoms with van der Waals surface area (Å²) in [7, 11) is 3.27. The van der Waals surface area contributed by atoms with Crippen LogP contribution in [0.15, 0.2) is 83.9 Å². The number of hydrogen-bond acceptors (Lipinski definition) is 4. The van der Waals surface area contributed by atoms with E-state index in [2.05, 4.69) is 24.3 Å². The molecule has 0 bridgehead atoms. The van der Waals surface area contributed by atoms with Gasteiger partial charge in [-0.2, -0.15) is 0 Å². The highest BCUT2D eigenvalue weighted by atomic mass is 16.5. The van der Waals surface area contributed by atoms with Gasteiger partial charge in [0.15, 0.2) is 11.5 Å². The first kappa shape index (κ1) is 21.7. The van der Waals surface area contributed by atoms with Crippen LogP contribution in [0, 0.1) is 0 Å². The summed E-state index contributed by atoms with van der Waals surface area (Å²) in [6, 6.07) is 26.3. The second kappa shape index (κ2) is 10.6. The van der Waals surface area contributed by atoms with Gasteiger partial charge in [0.25, 0.3) is 0 Å². The summed E-state index contributed by atoms with van der Waals surface area (Å²) in [5, 5.41) is 4.86. The SMILES string of the molecule is COc1ccc(COCCCC2=NC(c3ccccc3)=C(c3ccccc3)[N]2)cc1OC. The Morgan fingerprint density at radius 3 is 2.03 bits per heavy atom. The van der Waals surface area contributed by atoms with E-state index in [4.69, 9.17) is 24.5 Å². The van der Waals surface area contributed by atoms with Gasteiger partial charge < -0.3 is 14.2 Å². The van der Waals surface area contributed by atoms with Gasteiger partial charge in [-0.15, -0.1) is 0 Å². The van der Waals surface area contributed by atoms with Gasteiger partial charge in [0, 0.05) is 24.2 Å². The number of methoxy groups -OCH3 is 2. The maximum Gasteiger partial charge on any atom is 0.161 e. The lowest BCUT2D eigenvalue weighted by atomic mass is 10.1. The first-order chi connectivity index (χ1) is 15.8. The number of hydrogen-bond donors (Lipinski definition) is 0. The van der Waals surface area contributed by atoms with Crippen molar-refractivity contribution in [2.75, 3.05) is 20.8 Å². The third kappa shape index (κ3) is 5.18. The molecule has 0 aromatic heterocycles. The Morgan fingerprint density at radius 1 is 0.719 bits per heavy atom. The number of ether oxygens (including phenoxy) is 3. The van der Waals surface area contributed by atoms with Crippen molar-refractivity contribution in [2.45, 2.75) is 19.4 Å². The third-order valence-electron chi connectivity index (χ3n) is 5.21. The van der Waals surface area contributed by atoms with Crippen molar-refractivity contribution < 1.29 is 14.2 Å². The van der Waals surface area contributed by atoms with Crippen LogP contribution in [0.2, 0.25) is 0 Å². The summed E-state index contributed by atoms with van der Waals surface area (Å²) in [5.41, 5.74) is 5.06. The van der Waals surface area contributed by atoms with Gasteiger partial charge in [-0.1, -0.05) is 66.7 Å². The van der Waals surface area contributed by atoms with E-state index in [-0.39, 0.29) is 0 Å². The normalized spacial score (nSPS) is 13.0. The van der Waals surface area contributed by atoms with Gasteiger partial charge in [-0.25, -0.2) is 10.3 Å². The Kier molecular flexibility index (Phi) is 7.20. The predicted molar refractivity (Wildman–Crippen MR) is 128 cm³/mol. The molecule has 3 aromatic rings. The maximum atomic E-state index is 5.87. The molecule has 1 aliphatic rings. The molecule has 4 rings (SSSR count). The van der Waals surface area contributed by atoms with Crippen LogP contribution in [0.4, 0.5) is 0 Å². The van der Waals surface area contributed by atoms with Crippen LogP contribution in [-0.4, -0.2) is 26.7 Å². The molecule has 0 amide bonds. The molecule has 3 aromatic carbocycles. The number of amidine groups is 1. The van der Waals surface area contributed by atoms with E-state index in [1.165, 1.54) is 0 Å². The molecular weight excluding hydrogens is 400 g/mol. The highest BCUT2D eigenvalue weighted by molar-refractivity contribution is 6.07. The van der Waals surface area contributed by atoms with Crippen molar-refractivity contribution in [2.24, 2.45) is 4.99 Å². The lowest BCUT2D eigenvalue weighted by Crippen LogP contribution is -2.11. The number of aliphatic imine (C=N–C) groups is 1. The standard InChI is InChI=1S/C27H27N2O3/c1-30-23-16-15-20(18-24(23)31-2)19-32-17-9-14-25-28-26(21-10-5-3-6-11-21)27(29-25)22-12-7-4-8-13-22/h3-8,10-13,15-16,18H,9,14,17,19H2,1-2H3. The van der Waals surface area contributed by atoms with Crippen LogP contribution in [0.3, 0.4) is 0 Å². The second-order valence-electron chi connectivity index (χ2n) is 7.41. The van der Waals surface area contributed by atoms with Crippen LogP contribution in [0.5, 0.6) is 11.5 Å². The fraction of sp³-hybridized carbons (Fsp3) is 0.222. The molecule has 5 heteroatoms. The van der Waals surface area contributed by atoms with Crippen molar-refractivity contribution in [1.82, 2.24) is 5.32 Å². The molecule has 32 heavy (non-hydrogen) atoms. The minimum Gasteiger partial charge on any atom is -0.493 e. The first-order valence-electron chi connectivity index (χ1n) is 10.7. The molecule has 5 nitrogen and oxygen atoms in total. The summed E-state index contributed by atoms with van der Waals surface area (Å²) in [6.45, 7) is 1.15. The van der Waals surface area contributed by atoms with Gasteiger partial charge in [0.2, 0.25) is 0 Å². The summed E-state index contributed by atoms with van der Waals surface area (Å²) in [5.74, 6) is 2.27. The van der Waals surface area contributed by atoms with Crippen molar-refractivity contribution in [1.29, 1.82) is 0 Å². The van der Waals surface area contributed by atoms with E-state index < -0.39 is 0 Å². The Morgan fingerprint density at radius 2 is 1.38 bits per heavy atom. The Bertz CT molecular complexity index is 1090. The zero-order valence-corrected chi connectivity index (χ0v) is 18.5.